The van der Waals surface area contributed by atoms with E-state index in [1.807, 2.05) is 6.92 Å². The molecule has 0 spiro atoms. The second kappa shape index (κ2) is 6.53. The lowest BCUT2D eigenvalue weighted by molar-refractivity contribution is 0.0725. The third kappa shape index (κ3) is 4.53. The number of hydrogen-bond acceptors (Lipinski definition) is 3. The van der Waals surface area contributed by atoms with Crippen LogP contribution in [0.1, 0.15) is 26.2 Å². The van der Waals surface area contributed by atoms with Crippen LogP contribution in [0.2, 0.25) is 0 Å². The van der Waals surface area contributed by atoms with Crippen LogP contribution in [0.5, 0.6) is 0 Å². The summed E-state index contributed by atoms with van der Waals surface area (Å²) in [7, 11) is -0.728. The quantitative estimate of drug-likeness (QED) is 0.747. The third-order valence-electron chi connectivity index (χ3n) is 2.69. The summed E-state index contributed by atoms with van der Waals surface area (Å²) in [6.07, 6.45) is 3.04. The van der Waals surface area contributed by atoms with Gasteiger partial charge >= 0.3 is 0 Å². The zero-order valence-corrected chi connectivity index (χ0v) is 9.72. The van der Waals surface area contributed by atoms with Gasteiger partial charge in [-0.05, 0) is 25.2 Å². The largest absolute Gasteiger partial charge is 0.381 e. The minimum atomic E-state index is -0.728. The van der Waals surface area contributed by atoms with Crippen molar-refractivity contribution in [3.05, 3.63) is 0 Å². The lowest BCUT2D eigenvalue weighted by atomic mass is 10.0. The Bertz CT molecular complexity index is 181. The average Bonchev–Trinajstić information content (AvgIpc) is 2.19. The molecule has 0 aromatic heterocycles. The Morgan fingerprint density at radius 2 is 2.14 bits per heavy atom. The van der Waals surface area contributed by atoms with Crippen molar-refractivity contribution in [2.75, 3.05) is 24.7 Å². The summed E-state index contributed by atoms with van der Waals surface area (Å²) in [5, 5.41) is 0. The Kier molecular flexibility index (Phi) is 5.67. The maximum Gasteiger partial charge on any atom is 0.0469 e. The second-order valence-corrected chi connectivity index (χ2v) is 5.54. The second-order valence-electron chi connectivity index (χ2n) is 4.00. The molecule has 0 radical (unpaired) electrons. The van der Waals surface area contributed by atoms with Gasteiger partial charge in [0.05, 0.1) is 0 Å². The molecule has 84 valence electrons. The zero-order chi connectivity index (χ0) is 10.4. The fourth-order valence-corrected chi connectivity index (χ4v) is 3.31. The summed E-state index contributed by atoms with van der Waals surface area (Å²) in [5.74, 6) is 2.07. The average molecular weight is 219 g/mol. The van der Waals surface area contributed by atoms with Gasteiger partial charge < -0.3 is 10.5 Å². The molecular formula is C10H21NO2S. The van der Waals surface area contributed by atoms with Gasteiger partial charge in [-0.3, -0.25) is 4.21 Å². The summed E-state index contributed by atoms with van der Waals surface area (Å²) in [6.45, 7) is 3.71. The van der Waals surface area contributed by atoms with Crippen molar-refractivity contribution in [3.63, 3.8) is 0 Å². The van der Waals surface area contributed by atoms with E-state index in [2.05, 4.69) is 0 Å². The molecule has 4 heteroatoms. The molecule has 2 atom stereocenters. The summed E-state index contributed by atoms with van der Waals surface area (Å²) in [4.78, 5) is 0. The van der Waals surface area contributed by atoms with E-state index in [0.717, 1.165) is 38.2 Å². The van der Waals surface area contributed by atoms with Gasteiger partial charge in [0, 0.05) is 41.6 Å². The predicted molar refractivity (Wildman–Crippen MR) is 59.7 cm³/mol. The first kappa shape index (κ1) is 12.1. The van der Waals surface area contributed by atoms with E-state index in [0.29, 0.717) is 11.7 Å². The standard InChI is InChI=1S/C10H21NO2S/c1-2-10(11)8-14(12)7-9-3-5-13-6-4-9/h9-10H,2-8,11H2,1H3. The molecule has 1 fully saturated rings. The van der Waals surface area contributed by atoms with Crippen LogP contribution in [-0.2, 0) is 15.5 Å². The fourth-order valence-electron chi connectivity index (χ4n) is 1.60. The first-order valence-electron chi connectivity index (χ1n) is 5.40. The molecule has 0 aromatic carbocycles. The minimum absolute atomic E-state index is 0.107. The molecule has 1 rings (SSSR count). The summed E-state index contributed by atoms with van der Waals surface area (Å²) in [6, 6.07) is 0.107. The molecule has 2 N–H and O–H groups in total. The molecule has 1 aliphatic rings. The number of nitrogens with two attached hydrogens (primary N) is 1. The summed E-state index contributed by atoms with van der Waals surface area (Å²) >= 11 is 0. The van der Waals surface area contributed by atoms with Gasteiger partial charge in [0.15, 0.2) is 0 Å². The van der Waals surface area contributed by atoms with Crippen molar-refractivity contribution < 1.29 is 8.95 Å². The van der Waals surface area contributed by atoms with Crippen molar-refractivity contribution in [1.29, 1.82) is 0 Å². The van der Waals surface area contributed by atoms with Gasteiger partial charge in [0.2, 0.25) is 0 Å². The molecule has 3 nitrogen and oxygen atoms in total. The third-order valence-corrected chi connectivity index (χ3v) is 4.33. The maximum absolute atomic E-state index is 11.7. The Labute approximate surface area is 88.8 Å². The molecule has 0 amide bonds. The van der Waals surface area contributed by atoms with Gasteiger partial charge in [-0.25, -0.2) is 0 Å². The van der Waals surface area contributed by atoms with E-state index in [9.17, 15) is 4.21 Å². The van der Waals surface area contributed by atoms with E-state index in [1.165, 1.54) is 0 Å². The number of rotatable bonds is 5. The lowest BCUT2D eigenvalue weighted by Crippen LogP contribution is -2.29. The van der Waals surface area contributed by atoms with Crippen LogP contribution in [0.3, 0.4) is 0 Å². The van der Waals surface area contributed by atoms with Crippen LogP contribution < -0.4 is 5.73 Å². The summed E-state index contributed by atoms with van der Waals surface area (Å²) < 4.78 is 16.9. The maximum atomic E-state index is 11.7. The van der Waals surface area contributed by atoms with Crippen LogP contribution in [0.15, 0.2) is 0 Å². The van der Waals surface area contributed by atoms with Crippen LogP contribution in [0, 0.1) is 5.92 Å². The van der Waals surface area contributed by atoms with Crippen LogP contribution in [-0.4, -0.2) is 35.0 Å². The highest BCUT2D eigenvalue weighted by atomic mass is 32.2. The van der Waals surface area contributed by atoms with Crippen molar-refractivity contribution in [2.45, 2.75) is 32.2 Å². The zero-order valence-electron chi connectivity index (χ0n) is 8.91. The molecule has 14 heavy (non-hydrogen) atoms. The first-order chi connectivity index (χ1) is 6.72. The summed E-state index contributed by atoms with van der Waals surface area (Å²) in [5.41, 5.74) is 5.76. The van der Waals surface area contributed by atoms with Crippen LogP contribution in [0.25, 0.3) is 0 Å². The van der Waals surface area contributed by atoms with E-state index in [4.69, 9.17) is 10.5 Å². The highest BCUT2D eigenvalue weighted by Crippen LogP contribution is 2.15. The normalized spacial score (nSPS) is 23.3. The predicted octanol–water partition coefficient (Wildman–Crippen LogP) is 0.899. The van der Waals surface area contributed by atoms with E-state index >= 15 is 0 Å². The van der Waals surface area contributed by atoms with E-state index in [-0.39, 0.29) is 6.04 Å². The van der Waals surface area contributed by atoms with Gasteiger partial charge in [0.1, 0.15) is 0 Å². The molecule has 0 aliphatic carbocycles. The lowest BCUT2D eigenvalue weighted by Gasteiger charge is -2.21. The van der Waals surface area contributed by atoms with Crippen molar-refractivity contribution in [3.8, 4) is 0 Å². The van der Waals surface area contributed by atoms with Gasteiger partial charge in [-0.2, -0.15) is 0 Å². The molecule has 1 heterocycles. The highest BCUT2D eigenvalue weighted by molar-refractivity contribution is 7.85. The molecule has 0 saturated carbocycles. The van der Waals surface area contributed by atoms with Crippen LogP contribution >= 0.6 is 0 Å². The SMILES string of the molecule is CCC(N)CS(=O)CC1CCOCC1. The molecule has 1 saturated heterocycles. The molecule has 1 aliphatic heterocycles. The van der Waals surface area contributed by atoms with Crippen molar-refractivity contribution in [1.82, 2.24) is 0 Å². The molecule has 0 bridgehead atoms. The first-order valence-corrected chi connectivity index (χ1v) is 6.89. The highest BCUT2D eigenvalue weighted by Gasteiger charge is 2.17. The van der Waals surface area contributed by atoms with E-state index < -0.39 is 10.8 Å². The smallest absolute Gasteiger partial charge is 0.0469 e. The van der Waals surface area contributed by atoms with Gasteiger partial charge in [-0.1, -0.05) is 6.92 Å². The monoisotopic (exact) mass is 219 g/mol. The Morgan fingerprint density at radius 3 is 2.71 bits per heavy atom. The van der Waals surface area contributed by atoms with E-state index in [1.54, 1.807) is 0 Å². The van der Waals surface area contributed by atoms with Crippen molar-refractivity contribution in [2.24, 2.45) is 11.7 Å². The Balaban J connectivity index is 2.18. The molecule has 0 aromatic rings. The van der Waals surface area contributed by atoms with Crippen molar-refractivity contribution >= 4 is 10.8 Å². The number of ether oxygens (including phenoxy) is 1. The Hall–Kier alpha value is 0.0700. The number of hydrogen-bond donors (Lipinski definition) is 1. The molecule has 2 unspecified atom stereocenters. The van der Waals surface area contributed by atoms with Gasteiger partial charge in [-0.15, -0.1) is 0 Å². The minimum Gasteiger partial charge on any atom is -0.381 e. The fraction of sp³-hybridized carbons (Fsp3) is 1.00. The van der Waals surface area contributed by atoms with Crippen LogP contribution in [0.4, 0.5) is 0 Å². The topological polar surface area (TPSA) is 52.3 Å². The Morgan fingerprint density at radius 1 is 1.50 bits per heavy atom. The molecular weight excluding hydrogens is 198 g/mol. The van der Waals surface area contributed by atoms with Gasteiger partial charge in [0.25, 0.3) is 0 Å².